The van der Waals surface area contributed by atoms with Crippen molar-refractivity contribution in [3.8, 4) is 5.75 Å². The van der Waals surface area contributed by atoms with E-state index in [4.69, 9.17) is 4.74 Å². The molecule has 0 aliphatic heterocycles. The molecule has 3 rings (SSSR count). The number of carboxylic acid groups (broad SMARTS) is 1. The summed E-state index contributed by atoms with van der Waals surface area (Å²) in [6.45, 7) is 0.499. The number of aromatic carboxylic acids is 1. The van der Waals surface area contributed by atoms with E-state index in [9.17, 15) is 19.4 Å². The molecular formula is C19H17FN2O4. The molecule has 0 saturated heterocycles. The average molecular weight is 356 g/mol. The Balaban J connectivity index is 1.89. The molecule has 1 atom stereocenters. The van der Waals surface area contributed by atoms with Gasteiger partial charge in [-0.15, -0.1) is 0 Å². The Labute approximate surface area is 149 Å². The fraction of sp³-hybridized carbons (Fsp3) is 0.158. The number of ether oxygens (including phenoxy) is 1. The number of halogens is 1. The maximum atomic E-state index is 14.3. The highest BCUT2D eigenvalue weighted by atomic mass is 19.1. The van der Waals surface area contributed by atoms with Crippen LogP contribution in [0, 0.1) is 5.82 Å². The Kier molecular flexibility index (Phi) is 4.99. The summed E-state index contributed by atoms with van der Waals surface area (Å²) in [5.41, 5.74) is 1.02. The van der Waals surface area contributed by atoms with Crippen LogP contribution in [0.4, 0.5) is 4.39 Å². The van der Waals surface area contributed by atoms with E-state index in [1.165, 1.54) is 13.3 Å². The average Bonchev–Trinajstić information content (AvgIpc) is 3.10. The number of aromatic nitrogens is 2. The van der Waals surface area contributed by atoms with Crippen LogP contribution >= 0.6 is 0 Å². The van der Waals surface area contributed by atoms with E-state index in [1.807, 2.05) is 30.3 Å². The Morgan fingerprint density at radius 1 is 1.31 bits per heavy atom. The summed E-state index contributed by atoms with van der Waals surface area (Å²) in [6, 6.07) is 11.7. The van der Waals surface area contributed by atoms with Crippen molar-refractivity contribution in [1.29, 1.82) is 0 Å². The second-order valence-corrected chi connectivity index (χ2v) is 5.74. The van der Waals surface area contributed by atoms with Crippen molar-refractivity contribution in [2.24, 2.45) is 0 Å². The summed E-state index contributed by atoms with van der Waals surface area (Å²) in [5.74, 6) is -2.13. The molecule has 2 aromatic carbocycles. The lowest BCUT2D eigenvalue weighted by atomic mass is 10.0. The molecule has 2 N–H and O–H groups in total. The van der Waals surface area contributed by atoms with E-state index in [0.29, 0.717) is 12.1 Å². The smallest absolute Gasteiger partial charge is 0.339 e. The van der Waals surface area contributed by atoms with Crippen molar-refractivity contribution in [3.63, 3.8) is 0 Å². The molecular weight excluding hydrogens is 339 g/mol. The molecule has 7 heteroatoms. The second-order valence-electron chi connectivity index (χ2n) is 5.74. The minimum atomic E-state index is -1.34. The van der Waals surface area contributed by atoms with Crippen LogP contribution in [0.5, 0.6) is 5.75 Å². The van der Waals surface area contributed by atoms with E-state index in [2.05, 4.69) is 5.10 Å². The zero-order valence-corrected chi connectivity index (χ0v) is 14.0. The van der Waals surface area contributed by atoms with E-state index < -0.39 is 17.9 Å². The molecule has 6 nitrogen and oxygen atoms in total. The van der Waals surface area contributed by atoms with Crippen molar-refractivity contribution in [2.75, 3.05) is 7.11 Å². The van der Waals surface area contributed by atoms with Gasteiger partial charge in [0.05, 0.1) is 19.9 Å². The number of benzene rings is 2. The van der Waals surface area contributed by atoms with Crippen LogP contribution in [0.2, 0.25) is 0 Å². The van der Waals surface area contributed by atoms with E-state index in [0.717, 1.165) is 17.7 Å². The molecule has 0 aliphatic carbocycles. The first kappa shape index (κ1) is 17.6. The molecule has 3 aromatic rings. The number of hydrogen-bond acceptors (Lipinski definition) is 4. The second kappa shape index (κ2) is 7.37. The Morgan fingerprint density at radius 3 is 2.69 bits per heavy atom. The van der Waals surface area contributed by atoms with Crippen LogP contribution in [0.3, 0.4) is 0 Å². The van der Waals surface area contributed by atoms with E-state index >= 15 is 0 Å². The normalized spacial score (nSPS) is 12.0. The van der Waals surface area contributed by atoms with Crippen LogP contribution in [-0.2, 0) is 6.54 Å². The summed E-state index contributed by atoms with van der Waals surface area (Å²) < 4.78 is 20.8. The summed E-state index contributed by atoms with van der Waals surface area (Å²) >= 11 is 0. The first-order chi connectivity index (χ1) is 12.5. The molecule has 0 radical (unpaired) electrons. The fourth-order valence-corrected chi connectivity index (χ4v) is 2.67. The van der Waals surface area contributed by atoms with Crippen molar-refractivity contribution in [2.45, 2.75) is 12.6 Å². The predicted molar refractivity (Wildman–Crippen MR) is 91.7 cm³/mol. The van der Waals surface area contributed by atoms with Crippen LogP contribution in [0.1, 0.15) is 33.2 Å². The van der Waals surface area contributed by atoms with Crippen LogP contribution in [-0.4, -0.2) is 33.1 Å². The van der Waals surface area contributed by atoms with Gasteiger partial charge >= 0.3 is 5.97 Å². The van der Waals surface area contributed by atoms with Gasteiger partial charge < -0.3 is 14.9 Å². The number of nitrogens with zero attached hydrogens (tertiary/aromatic N) is 2. The van der Waals surface area contributed by atoms with E-state index in [1.54, 1.807) is 10.9 Å². The molecule has 0 fully saturated rings. The first-order valence-corrected chi connectivity index (χ1v) is 7.84. The number of carboxylic acids is 1. The third kappa shape index (κ3) is 3.57. The minimum absolute atomic E-state index is 0.106. The molecule has 1 unspecified atom stereocenters. The minimum Gasteiger partial charge on any atom is -0.496 e. The monoisotopic (exact) mass is 356 g/mol. The Morgan fingerprint density at radius 2 is 2.04 bits per heavy atom. The molecule has 0 spiro atoms. The molecule has 0 aliphatic rings. The van der Waals surface area contributed by atoms with Gasteiger partial charge in [-0.2, -0.15) is 5.10 Å². The van der Waals surface area contributed by atoms with Crippen LogP contribution in [0.25, 0.3) is 0 Å². The van der Waals surface area contributed by atoms with Gasteiger partial charge in [0.2, 0.25) is 0 Å². The topological polar surface area (TPSA) is 84.6 Å². The van der Waals surface area contributed by atoms with Gasteiger partial charge in [-0.1, -0.05) is 30.3 Å². The number of rotatable bonds is 6. The number of aliphatic hydroxyl groups excluding tert-OH is 1. The molecule has 0 bridgehead atoms. The number of methoxy groups -OCH3 is 1. The first-order valence-electron chi connectivity index (χ1n) is 7.84. The molecule has 26 heavy (non-hydrogen) atoms. The third-order valence-electron chi connectivity index (χ3n) is 4.00. The van der Waals surface area contributed by atoms with Crippen molar-refractivity contribution >= 4 is 5.97 Å². The lowest BCUT2D eigenvalue weighted by molar-refractivity contribution is 0.0693. The summed E-state index contributed by atoms with van der Waals surface area (Å²) in [5, 5.41) is 23.9. The zero-order chi connectivity index (χ0) is 18.7. The van der Waals surface area contributed by atoms with Crippen LogP contribution in [0.15, 0.2) is 54.9 Å². The highest BCUT2D eigenvalue weighted by Crippen LogP contribution is 2.30. The largest absolute Gasteiger partial charge is 0.496 e. The van der Waals surface area contributed by atoms with Gasteiger partial charge in [0.1, 0.15) is 23.2 Å². The lowest BCUT2D eigenvalue weighted by Gasteiger charge is -2.13. The number of carbonyl (C=O) groups is 1. The SMILES string of the molecule is COc1cc(F)c(C(O)c2cnn(Cc3ccccc3)c2)cc1C(=O)O. The number of aliphatic hydroxyl groups is 1. The van der Waals surface area contributed by atoms with Crippen molar-refractivity contribution < 1.29 is 24.1 Å². The van der Waals surface area contributed by atoms with Crippen molar-refractivity contribution in [1.82, 2.24) is 9.78 Å². The molecule has 0 saturated carbocycles. The zero-order valence-electron chi connectivity index (χ0n) is 14.0. The Hall–Kier alpha value is -3.19. The van der Waals surface area contributed by atoms with Crippen LogP contribution < -0.4 is 4.74 Å². The molecule has 1 aromatic heterocycles. The fourth-order valence-electron chi connectivity index (χ4n) is 2.67. The quantitative estimate of drug-likeness (QED) is 0.709. The summed E-state index contributed by atoms with van der Waals surface area (Å²) in [4.78, 5) is 11.3. The predicted octanol–water partition coefficient (Wildman–Crippen LogP) is 2.86. The summed E-state index contributed by atoms with van der Waals surface area (Å²) in [6.07, 6.45) is 1.68. The molecule has 134 valence electrons. The van der Waals surface area contributed by atoms with Crippen molar-refractivity contribution in [3.05, 3.63) is 82.9 Å². The highest BCUT2D eigenvalue weighted by molar-refractivity contribution is 5.91. The highest BCUT2D eigenvalue weighted by Gasteiger charge is 2.22. The van der Waals surface area contributed by atoms with Gasteiger partial charge in [0, 0.05) is 23.4 Å². The maximum Gasteiger partial charge on any atom is 0.339 e. The standard InChI is InChI=1S/C19H17FN2O4/c1-26-17-8-16(20)14(7-15(17)19(24)25)18(23)13-9-21-22(11-13)10-12-5-3-2-4-6-12/h2-9,11,18,23H,10H2,1H3,(H,24,25). The van der Waals surface area contributed by atoms with E-state index in [-0.39, 0.29) is 16.9 Å². The Bertz CT molecular complexity index is 925. The molecule has 1 heterocycles. The van der Waals surface area contributed by atoms with Gasteiger partial charge in [0.25, 0.3) is 0 Å². The van der Waals surface area contributed by atoms with Gasteiger partial charge in [-0.25, -0.2) is 9.18 Å². The van der Waals surface area contributed by atoms with Gasteiger partial charge in [-0.05, 0) is 11.6 Å². The maximum absolute atomic E-state index is 14.3. The van der Waals surface area contributed by atoms with Gasteiger partial charge in [-0.3, -0.25) is 4.68 Å². The number of hydrogen-bond donors (Lipinski definition) is 2. The third-order valence-corrected chi connectivity index (χ3v) is 4.00. The lowest BCUT2D eigenvalue weighted by Crippen LogP contribution is -2.08. The molecule has 0 amide bonds. The summed E-state index contributed by atoms with van der Waals surface area (Å²) in [7, 11) is 1.25. The van der Waals surface area contributed by atoms with Gasteiger partial charge in [0.15, 0.2) is 0 Å².